The highest BCUT2D eigenvalue weighted by molar-refractivity contribution is 5.98. The molecule has 0 aliphatic carbocycles. The Morgan fingerprint density at radius 2 is 1.79 bits per heavy atom. The fourth-order valence-corrected chi connectivity index (χ4v) is 4.58. The van der Waals surface area contributed by atoms with E-state index >= 15 is 0 Å². The normalized spacial score (nSPS) is 11.5. The maximum absolute atomic E-state index is 14.6. The number of nitrogens with zero attached hydrogens (tertiary/aromatic N) is 4. The van der Waals surface area contributed by atoms with E-state index in [1.165, 1.54) is 18.3 Å². The average Bonchev–Trinajstić information content (AvgIpc) is 3.53. The van der Waals surface area contributed by atoms with Gasteiger partial charge >= 0.3 is 0 Å². The lowest BCUT2D eigenvalue weighted by atomic mass is 10.0. The number of pyridine rings is 2. The first-order valence-corrected chi connectivity index (χ1v) is 12.4. The third-order valence-electron chi connectivity index (χ3n) is 6.37. The van der Waals surface area contributed by atoms with Gasteiger partial charge in [0.2, 0.25) is 5.91 Å². The Hall–Kier alpha value is -4.99. The molecule has 0 atom stereocenters. The fraction of sp³-hybridized carbons (Fsp3) is 0.138. The minimum absolute atomic E-state index is 0.0617. The van der Waals surface area contributed by atoms with Crippen LogP contribution in [0, 0.1) is 17.6 Å². The van der Waals surface area contributed by atoms with Crippen LogP contribution in [0.5, 0.6) is 0 Å². The number of aromatic nitrogens is 6. The molecule has 0 bridgehead atoms. The van der Waals surface area contributed by atoms with Gasteiger partial charge in [0, 0.05) is 40.9 Å². The largest absolute Gasteiger partial charge is 0.335 e. The zero-order chi connectivity index (χ0) is 27.1. The minimum atomic E-state index is -0.956. The van der Waals surface area contributed by atoms with Crippen molar-refractivity contribution in [2.75, 3.05) is 5.32 Å². The monoisotopic (exact) mass is 523 g/mol. The molecule has 3 N–H and O–H groups in total. The quantitative estimate of drug-likeness (QED) is 0.231. The lowest BCUT2D eigenvalue weighted by Gasteiger charge is -2.09. The predicted octanol–water partition coefficient (Wildman–Crippen LogP) is 6.49. The first kappa shape index (κ1) is 24.4. The highest BCUT2D eigenvalue weighted by atomic mass is 19.2. The van der Waals surface area contributed by atoms with Crippen LogP contribution in [-0.4, -0.2) is 36.0 Å². The van der Waals surface area contributed by atoms with Crippen molar-refractivity contribution in [2.45, 2.75) is 20.3 Å². The summed E-state index contributed by atoms with van der Waals surface area (Å²) in [6, 6.07) is 11.7. The number of aromatic amines is 2. The summed E-state index contributed by atoms with van der Waals surface area (Å²) in [6.07, 6.45) is 6.81. The molecule has 4 heterocycles. The highest BCUT2D eigenvalue weighted by Crippen LogP contribution is 2.34. The summed E-state index contributed by atoms with van der Waals surface area (Å²) < 4.78 is 28.5. The molecule has 0 radical (unpaired) electrons. The Morgan fingerprint density at radius 1 is 0.949 bits per heavy atom. The molecule has 6 rings (SSSR count). The van der Waals surface area contributed by atoms with Crippen molar-refractivity contribution in [3.05, 3.63) is 78.9 Å². The molecule has 4 aromatic heterocycles. The van der Waals surface area contributed by atoms with Gasteiger partial charge in [0.25, 0.3) is 0 Å². The van der Waals surface area contributed by atoms with Crippen LogP contribution in [0.2, 0.25) is 0 Å². The molecule has 0 unspecified atom stereocenters. The topological polar surface area (TPSA) is 112 Å². The van der Waals surface area contributed by atoms with E-state index in [0.717, 1.165) is 28.1 Å². The number of benzene rings is 2. The van der Waals surface area contributed by atoms with Gasteiger partial charge in [-0.3, -0.25) is 19.9 Å². The van der Waals surface area contributed by atoms with Crippen molar-refractivity contribution in [1.29, 1.82) is 0 Å². The van der Waals surface area contributed by atoms with Crippen LogP contribution in [0.25, 0.3) is 55.7 Å². The van der Waals surface area contributed by atoms with Crippen molar-refractivity contribution >= 4 is 33.5 Å². The number of nitrogens with one attached hydrogen (secondary N) is 3. The zero-order valence-electron chi connectivity index (χ0n) is 21.1. The molecule has 0 saturated heterocycles. The van der Waals surface area contributed by atoms with E-state index < -0.39 is 11.6 Å². The number of hydrogen-bond donors (Lipinski definition) is 3. The van der Waals surface area contributed by atoms with Gasteiger partial charge in [-0.15, -0.1) is 0 Å². The molecule has 2 aromatic carbocycles. The molecular weight excluding hydrogens is 500 g/mol. The lowest BCUT2D eigenvalue weighted by molar-refractivity contribution is -0.116. The van der Waals surface area contributed by atoms with Crippen LogP contribution >= 0.6 is 0 Å². The summed E-state index contributed by atoms with van der Waals surface area (Å²) in [7, 11) is 0. The second kappa shape index (κ2) is 9.71. The van der Waals surface area contributed by atoms with Crippen molar-refractivity contribution in [2.24, 2.45) is 5.92 Å². The van der Waals surface area contributed by atoms with Gasteiger partial charge in [-0.05, 0) is 35.7 Å². The van der Waals surface area contributed by atoms with Gasteiger partial charge in [-0.1, -0.05) is 32.0 Å². The number of hydrogen-bond acceptors (Lipinski definition) is 5. The highest BCUT2D eigenvalue weighted by Gasteiger charge is 2.19. The molecule has 10 heteroatoms. The van der Waals surface area contributed by atoms with Crippen LogP contribution in [0.1, 0.15) is 20.3 Å². The van der Waals surface area contributed by atoms with Crippen LogP contribution in [0.4, 0.5) is 14.5 Å². The van der Waals surface area contributed by atoms with Gasteiger partial charge in [-0.2, -0.15) is 5.10 Å². The van der Waals surface area contributed by atoms with Gasteiger partial charge in [0.05, 0.1) is 29.1 Å². The molecule has 0 saturated carbocycles. The maximum atomic E-state index is 14.6. The van der Waals surface area contributed by atoms with Gasteiger partial charge < -0.3 is 10.3 Å². The molecule has 0 fully saturated rings. The summed E-state index contributed by atoms with van der Waals surface area (Å²) >= 11 is 0. The zero-order valence-corrected chi connectivity index (χ0v) is 21.1. The first-order valence-electron chi connectivity index (χ1n) is 12.4. The molecule has 6 aromatic rings. The van der Waals surface area contributed by atoms with E-state index in [0.29, 0.717) is 40.2 Å². The molecule has 39 heavy (non-hydrogen) atoms. The van der Waals surface area contributed by atoms with E-state index in [4.69, 9.17) is 4.98 Å². The van der Waals surface area contributed by atoms with Crippen LogP contribution < -0.4 is 5.32 Å². The van der Waals surface area contributed by atoms with Gasteiger partial charge in [0.1, 0.15) is 11.2 Å². The van der Waals surface area contributed by atoms with E-state index in [2.05, 4.69) is 30.5 Å². The molecule has 0 aliphatic rings. The fourth-order valence-electron chi connectivity index (χ4n) is 4.58. The second-order valence-corrected chi connectivity index (χ2v) is 9.71. The number of rotatable bonds is 6. The van der Waals surface area contributed by atoms with Crippen molar-refractivity contribution in [3.63, 3.8) is 0 Å². The molecule has 0 spiro atoms. The SMILES string of the molecule is CC(C)CC(=O)Nc1cncc(-c2ccc3[nH]nc(-c4nc5c(-c6cccc(F)c6F)cncc5[nH]4)c3c2)c1. The number of anilines is 1. The van der Waals surface area contributed by atoms with E-state index in [-0.39, 0.29) is 17.4 Å². The summed E-state index contributed by atoms with van der Waals surface area (Å²) in [4.78, 5) is 28.6. The smallest absolute Gasteiger partial charge is 0.224 e. The molecular formula is C29H23F2N7O. The molecule has 8 nitrogen and oxygen atoms in total. The Labute approximate surface area is 221 Å². The summed E-state index contributed by atoms with van der Waals surface area (Å²) in [5.41, 5.74) is 5.12. The Morgan fingerprint density at radius 3 is 2.64 bits per heavy atom. The molecule has 194 valence electrons. The number of H-pyrrole nitrogens is 2. The Balaban J connectivity index is 1.39. The Bertz CT molecular complexity index is 1860. The van der Waals surface area contributed by atoms with Crippen molar-refractivity contribution in [1.82, 2.24) is 30.1 Å². The third-order valence-corrected chi connectivity index (χ3v) is 6.37. The van der Waals surface area contributed by atoms with Crippen LogP contribution in [-0.2, 0) is 4.79 Å². The van der Waals surface area contributed by atoms with E-state index in [1.807, 2.05) is 38.1 Å². The molecule has 0 aliphatic heterocycles. The van der Waals surface area contributed by atoms with Crippen molar-refractivity contribution < 1.29 is 13.6 Å². The van der Waals surface area contributed by atoms with E-state index in [9.17, 15) is 13.6 Å². The maximum Gasteiger partial charge on any atom is 0.224 e. The number of halogens is 2. The number of amides is 1. The number of imidazole rings is 1. The molecule has 1 amide bonds. The lowest BCUT2D eigenvalue weighted by Crippen LogP contribution is -2.13. The summed E-state index contributed by atoms with van der Waals surface area (Å²) in [5, 5.41) is 11.2. The average molecular weight is 524 g/mol. The van der Waals surface area contributed by atoms with Gasteiger partial charge in [-0.25, -0.2) is 13.8 Å². The van der Waals surface area contributed by atoms with Crippen LogP contribution in [0.15, 0.2) is 67.3 Å². The Kier molecular flexibility index (Phi) is 6.07. The number of carbonyl (C=O) groups is 1. The second-order valence-electron chi connectivity index (χ2n) is 9.71. The standard InChI is InChI=1S/C29H23F2N7O/c1-15(2)8-25(39)34-18-9-17(11-32-12-18)16-6-7-23-20(10-16)28(38-37-23)29-35-24-14-33-13-21(27(24)36-29)19-4-3-5-22(30)26(19)31/h3-7,9-15H,8H2,1-2H3,(H,34,39)(H,35,36)(H,37,38). The number of carbonyl (C=O) groups excluding carboxylic acids is 1. The first-order chi connectivity index (χ1) is 18.9. The predicted molar refractivity (Wildman–Crippen MR) is 146 cm³/mol. The summed E-state index contributed by atoms with van der Waals surface area (Å²) in [6.45, 7) is 3.98. The van der Waals surface area contributed by atoms with E-state index in [1.54, 1.807) is 18.6 Å². The summed E-state index contributed by atoms with van der Waals surface area (Å²) in [5.74, 6) is -1.26. The number of fused-ring (bicyclic) bond motifs is 2. The minimum Gasteiger partial charge on any atom is -0.335 e. The third kappa shape index (κ3) is 4.61. The van der Waals surface area contributed by atoms with Gasteiger partial charge in [0.15, 0.2) is 17.5 Å². The van der Waals surface area contributed by atoms with Crippen molar-refractivity contribution in [3.8, 4) is 33.8 Å². The van der Waals surface area contributed by atoms with Crippen LogP contribution in [0.3, 0.4) is 0 Å².